The van der Waals surface area contributed by atoms with Crippen LogP contribution in [0.15, 0.2) is 46.7 Å². The van der Waals surface area contributed by atoms with Crippen molar-refractivity contribution in [2.24, 2.45) is 5.41 Å². The number of ether oxygens (including phenoxy) is 1. The van der Waals surface area contributed by atoms with E-state index in [2.05, 4.69) is 15.2 Å². The molecule has 6 rings (SSSR count). The number of aromatic amines is 1. The number of anilines is 1. The summed E-state index contributed by atoms with van der Waals surface area (Å²) in [7, 11) is 1.61. The molecule has 0 saturated carbocycles. The van der Waals surface area contributed by atoms with Gasteiger partial charge in [-0.15, -0.1) is 0 Å². The van der Waals surface area contributed by atoms with Gasteiger partial charge in [-0.1, -0.05) is 11.8 Å². The summed E-state index contributed by atoms with van der Waals surface area (Å²) in [5, 5.41) is 7.48. The van der Waals surface area contributed by atoms with Gasteiger partial charge in [0.1, 0.15) is 11.3 Å². The van der Waals surface area contributed by atoms with Crippen LogP contribution in [-0.4, -0.2) is 69.0 Å². The Labute approximate surface area is 211 Å². The number of nitrogens with one attached hydrogen (secondary N) is 1. The number of nitrogens with zero attached hydrogens (tertiary/aromatic N) is 5. The molecule has 0 bridgehead atoms. The summed E-state index contributed by atoms with van der Waals surface area (Å²) < 4.78 is 7.18. The first-order chi connectivity index (χ1) is 17.5. The van der Waals surface area contributed by atoms with Gasteiger partial charge >= 0.3 is 0 Å². The number of methoxy groups -OCH3 is 1. The molecule has 0 radical (unpaired) electrons. The summed E-state index contributed by atoms with van der Waals surface area (Å²) in [6.45, 7) is 2.08. The lowest BCUT2D eigenvalue weighted by atomic mass is 9.77. The zero-order valence-corrected chi connectivity index (χ0v) is 20.7. The molecule has 2 fully saturated rings. The smallest absolute Gasteiger partial charge is 0.267 e. The number of hydrogen-bond acceptors (Lipinski definition) is 7. The summed E-state index contributed by atoms with van der Waals surface area (Å²) in [6.07, 6.45) is 6.83. The number of rotatable bonds is 4. The molecular formula is C25H26N6O4S. The molecule has 0 unspecified atom stereocenters. The van der Waals surface area contributed by atoms with Gasteiger partial charge in [0.2, 0.25) is 5.91 Å². The summed E-state index contributed by atoms with van der Waals surface area (Å²) in [4.78, 5) is 47.4. The third-order valence-electron chi connectivity index (χ3n) is 7.61. The minimum absolute atomic E-state index is 0.0870. The van der Waals surface area contributed by atoms with E-state index >= 15 is 0 Å². The lowest BCUT2D eigenvalue weighted by Gasteiger charge is -2.37. The van der Waals surface area contributed by atoms with Crippen LogP contribution < -0.4 is 15.2 Å². The first kappa shape index (κ1) is 22.8. The summed E-state index contributed by atoms with van der Waals surface area (Å²) >= 11 is 1.52. The van der Waals surface area contributed by atoms with Crippen molar-refractivity contribution < 1.29 is 14.3 Å². The molecule has 2 amide bonds. The van der Waals surface area contributed by atoms with Crippen molar-refractivity contribution in [3.63, 3.8) is 0 Å². The van der Waals surface area contributed by atoms with E-state index in [1.165, 1.54) is 18.0 Å². The first-order valence-corrected chi connectivity index (χ1v) is 13.0. The van der Waals surface area contributed by atoms with E-state index in [1.807, 2.05) is 23.1 Å². The number of carbonyl (C=O) groups excluding carboxylic acids is 2. The predicted molar refractivity (Wildman–Crippen MR) is 134 cm³/mol. The molecule has 2 saturated heterocycles. The maximum Gasteiger partial charge on any atom is 0.267 e. The highest BCUT2D eigenvalue weighted by molar-refractivity contribution is 7.99. The average Bonchev–Trinajstić information content (AvgIpc) is 3.66. The van der Waals surface area contributed by atoms with E-state index in [-0.39, 0.29) is 22.9 Å². The normalized spacial score (nSPS) is 18.6. The van der Waals surface area contributed by atoms with Crippen LogP contribution in [0.25, 0.3) is 11.1 Å². The Morgan fingerprint density at radius 2 is 1.92 bits per heavy atom. The number of likely N-dealkylation sites (tertiary alicyclic amines) is 1. The van der Waals surface area contributed by atoms with E-state index in [0.717, 1.165) is 29.0 Å². The monoisotopic (exact) mass is 506 g/mol. The van der Waals surface area contributed by atoms with Gasteiger partial charge in [0.25, 0.3) is 11.5 Å². The number of aromatic nitrogens is 4. The Morgan fingerprint density at radius 3 is 2.67 bits per heavy atom. The van der Waals surface area contributed by atoms with E-state index in [1.54, 1.807) is 29.0 Å². The Bertz CT molecular complexity index is 1390. The Kier molecular flexibility index (Phi) is 5.59. The zero-order valence-electron chi connectivity index (χ0n) is 19.9. The van der Waals surface area contributed by atoms with Crippen molar-refractivity contribution in [3.05, 3.63) is 52.7 Å². The Hall–Kier alpha value is -3.60. The van der Waals surface area contributed by atoms with Crippen LogP contribution in [0.2, 0.25) is 0 Å². The van der Waals surface area contributed by atoms with Crippen molar-refractivity contribution in [2.45, 2.75) is 31.0 Å². The molecule has 186 valence electrons. The Morgan fingerprint density at radius 1 is 1.11 bits per heavy atom. The van der Waals surface area contributed by atoms with Crippen LogP contribution in [0, 0.1) is 5.41 Å². The average molecular weight is 507 g/mol. The number of thioether (sulfide) groups is 1. The van der Waals surface area contributed by atoms with Crippen LogP contribution in [0.5, 0.6) is 5.75 Å². The molecule has 3 aromatic rings. The van der Waals surface area contributed by atoms with E-state index < -0.39 is 5.41 Å². The minimum atomic E-state index is -0.491. The van der Waals surface area contributed by atoms with Crippen molar-refractivity contribution in [3.8, 4) is 16.9 Å². The van der Waals surface area contributed by atoms with Gasteiger partial charge in [0, 0.05) is 67.2 Å². The summed E-state index contributed by atoms with van der Waals surface area (Å²) in [6, 6.07) is 5.78. The standard InChI is InChI=1S/C25H26N6O4S/c1-35-20-12-17(2-3-18(20)16-13-27-28-14-16)30-9-6-25(23(30)34)4-7-29(8-5-25)21(32)19-15-26-24-31(22(19)33)10-11-36-24/h2-3,12-15H,4-11H2,1H3,(H,27,28). The number of carbonyl (C=O) groups is 2. The topological polar surface area (TPSA) is 113 Å². The fraction of sp³-hybridized carbons (Fsp3) is 0.400. The quantitative estimate of drug-likeness (QED) is 0.541. The number of piperidine rings is 1. The summed E-state index contributed by atoms with van der Waals surface area (Å²) in [5.41, 5.74) is 1.97. The van der Waals surface area contributed by atoms with Gasteiger partial charge < -0.3 is 14.5 Å². The number of fused-ring (bicyclic) bond motifs is 1. The zero-order chi connectivity index (χ0) is 24.9. The third kappa shape index (κ3) is 3.60. The second-order valence-corrected chi connectivity index (χ2v) is 10.5. The molecule has 1 aromatic carbocycles. The molecule has 1 spiro atoms. The van der Waals surface area contributed by atoms with Gasteiger partial charge in [-0.05, 0) is 31.4 Å². The molecule has 11 heteroatoms. The van der Waals surface area contributed by atoms with Gasteiger partial charge in [-0.25, -0.2) is 4.98 Å². The largest absolute Gasteiger partial charge is 0.496 e. The molecule has 5 heterocycles. The van der Waals surface area contributed by atoms with Gasteiger partial charge in [-0.2, -0.15) is 5.10 Å². The van der Waals surface area contributed by atoms with Gasteiger partial charge in [0.05, 0.1) is 18.7 Å². The van der Waals surface area contributed by atoms with Crippen LogP contribution in [0.4, 0.5) is 5.69 Å². The highest BCUT2D eigenvalue weighted by atomic mass is 32.2. The number of benzene rings is 1. The van der Waals surface area contributed by atoms with Gasteiger partial charge in [0.15, 0.2) is 5.16 Å². The van der Waals surface area contributed by atoms with E-state index in [4.69, 9.17) is 4.74 Å². The maximum absolute atomic E-state index is 13.6. The van der Waals surface area contributed by atoms with Crippen molar-refractivity contribution in [1.82, 2.24) is 24.6 Å². The van der Waals surface area contributed by atoms with Crippen LogP contribution in [0.1, 0.15) is 29.6 Å². The van der Waals surface area contributed by atoms with Crippen LogP contribution >= 0.6 is 11.8 Å². The fourth-order valence-electron chi connectivity index (χ4n) is 5.49. The summed E-state index contributed by atoms with van der Waals surface area (Å²) in [5.74, 6) is 1.26. The lowest BCUT2D eigenvalue weighted by molar-refractivity contribution is -0.127. The first-order valence-electron chi connectivity index (χ1n) is 12.0. The van der Waals surface area contributed by atoms with Crippen molar-refractivity contribution in [1.29, 1.82) is 0 Å². The maximum atomic E-state index is 13.6. The molecule has 3 aliphatic heterocycles. The highest BCUT2D eigenvalue weighted by Gasteiger charge is 2.49. The second kappa shape index (κ2) is 8.81. The third-order valence-corrected chi connectivity index (χ3v) is 8.58. The number of hydrogen-bond donors (Lipinski definition) is 1. The minimum Gasteiger partial charge on any atom is -0.496 e. The van der Waals surface area contributed by atoms with Gasteiger partial charge in [-0.3, -0.25) is 24.0 Å². The van der Waals surface area contributed by atoms with E-state index in [9.17, 15) is 14.4 Å². The molecular weight excluding hydrogens is 480 g/mol. The number of amides is 2. The Balaban J connectivity index is 1.17. The molecule has 36 heavy (non-hydrogen) atoms. The molecule has 2 aromatic heterocycles. The predicted octanol–water partition coefficient (Wildman–Crippen LogP) is 2.41. The van der Waals surface area contributed by atoms with Crippen molar-refractivity contribution in [2.75, 3.05) is 37.4 Å². The lowest BCUT2D eigenvalue weighted by Crippen LogP contribution is -2.47. The SMILES string of the molecule is COc1cc(N2CCC3(CCN(C(=O)c4cnc5n(c4=O)CCS5)CC3)C2=O)ccc1-c1cn[nH]c1. The fourth-order valence-corrected chi connectivity index (χ4v) is 6.40. The number of H-pyrrole nitrogens is 1. The molecule has 10 nitrogen and oxygen atoms in total. The molecule has 0 aliphatic carbocycles. The van der Waals surface area contributed by atoms with Crippen molar-refractivity contribution >= 4 is 29.3 Å². The molecule has 3 aliphatic rings. The second-order valence-electron chi connectivity index (χ2n) is 9.41. The van der Waals surface area contributed by atoms with E-state index in [0.29, 0.717) is 49.9 Å². The van der Waals surface area contributed by atoms with Crippen LogP contribution in [-0.2, 0) is 11.3 Å². The molecule has 0 atom stereocenters. The molecule has 1 N–H and O–H groups in total. The van der Waals surface area contributed by atoms with Crippen LogP contribution in [0.3, 0.4) is 0 Å². The highest BCUT2D eigenvalue weighted by Crippen LogP contribution is 2.44.